The highest BCUT2D eigenvalue weighted by Gasteiger charge is 2.23. The number of piperidine rings is 1. The molecule has 1 aliphatic heterocycles. The molecule has 1 aromatic carbocycles. The Balaban J connectivity index is 1.47. The lowest BCUT2D eigenvalue weighted by Gasteiger charge is -2.33. The predicted octanol–water partition coefficient (Wildman–Crippen LogP) is 3.81. The minimum absolute atomic E-state index is 0.00235. The summed E-state index contributed by atoms with van der Waals surface area (Å²) in [6, 6.07) is 14.6. The number of hydrogen-bond acceptors (Lipinski definition) is 2. The first-order valence-corrected chi connectivity index (χ1v) is 8.71. The Morgan fingerprint density at radius 2 is 1.83 bits per heavy atom. The minimum atomic E-state index is 0.00235. The van der Waals surface area contributed by atoms with Gasteiger partial charge in [-0.15, -0.1) is 0 Å². The number of rotatable bonds is 4. The highest BCUT2D eigenvalue weighted by molar-refractivity contribution is 5.74. The average Bonchev–Trinajstić information content (AvgIpc) is 2.64. The Bertz CT molecular complexity index is 636. The lowest BCUT2D eigenvalue weighted by Crippen LogP contribution is -2.45. The summed E-state index contributed by atoms with van der Waals surface area (Å²) < 4.78 is 0. The first kappa shape index (κ1) is 16.5. The van der Waals surface area contributed by atoms with Crippen LogP contribution >= 0.6 is 0 Å². The molecule has 0 radical (unpaired) electrons. The number of aromatic nitrogens is 1. The van der Waals surface area contributed by atoms with E-state index in [-0.39, 0.29) is 12.1 Å². The van der Waals surface area contributed by atoms with Gasteiger partial charge in [0, 0.05) is 25.5 Å². The zero-order valence-electron chi connectivity index (χ0n) is 14.2. The lowest BCUT2D eigenvalue weighted by atomic mass is 9.90. The van der Waals surface area contributed by atoms with E-state index in [4.69, 9.17) is 0 Å². The number of nitrogens with one attached hydrogen (secondary N) is 1. The Kier molecular flexibility index (Phi) is 5.47. The van der Waals surface area contributed by atoms with Crippen LogP contribution in [0.15, 0.2) is 54.9 Å². The largest absolute Gasteiger partial charge is 0.331 e. The van der Waals surface area contributed by atoms with E-state index in [0.717, 1.165) is 37.9 Å². The quantitative estimate of drug-likeness (QED) is 0.930. The SMILES string of the molecule is CC(NC(=O)N1CCC(Cc2ccccc2)CC1)c1ccncc1. The van der Waals surface area contributed by atoms with Gasteiger partial charge < -0.3 is 10.2 Å². The summed E-state index contributed by atoms with van der Waals surface area (Å²) in [6.45, 7) is 3.69. The van der Waals surface area contributed by atoms with Gasteiger partial charge in [0.05, 0.1) is 6.04 Å². The Morgan fingerprint density at radius 3 is 2.50 bits per heavy atom. The number of urea groups is 1. The summed E-state index contributed by atoms with van der Waals surface area (Å²) in [6.07, 6.45) is 6.78. The van der Waals surface area contributed by atoms with Gasteiger partial charge in [0.2, 0.25) is 0 Å². The summed E-state index contributed by atoms with van der Waals surface area (Å²) >= 11 is 0. The van der Waals surface area contributed by atoms with Crippen molar-refractivity contribution in [3.8, 4) is 0 Å². The number of likely N-dealkylation sites (tertiary alicyclic amines) is 1. The summed E-state index contributed by atoms with van der Waals surface area (Å²) in [5.41, 5.74) is 2.48. The monoisotopic (exact) mass is 323 g/mol. The molecule has 1 N–H and O–H groups in total. The smallest absolute Gasteiger partial charge is 0.317 e. The van der Waals surface area contributed by atoms with Crippen molar-refractivity contribution < 1.29 is 4.79 Å². The van der Waals surface area contributed by atoms with Crippen LogP contribution in [0.2, 0.25) is 0 Å². The molecule has 126 valence electrons. The van der Waals surface area contributed by atoms with Crippen LogP contribution in [-0.2, 0) is 6.42 Å². The Labute approximate surface area is 143 Å². The van der Waals surface area contributed by atoms with E-state index < -0.39 is 0 Å². The van der Waals surface area contributed by atoms with E-state index >= 15 is 0 Å². The molecule has 1 aliphatic rings. The van der Waals surface area contributed by atoms with Crippen LogP contribution in [0.25, 0.3) is 0 Å². The normalized spacial score (nSPS) is 16.6. The van der Waals surface area contributed by atoms with Gasteiger partial charge in [-0.25, -0.2) is 4.79 Å². The molecule has 2 aromatic rings. The molecule has 4 heteroatoms. The van der Waals surface area contributed by atoms with Crippen molar-refractivity contribution in [2.24, 2.45) is 5.92 Å². The molecule has 1 aromatic heterocycles. The van der Waals surface area contributed by atoms with Crippen molar-refractivity contribution in [1.82, 2.24) is 15.2 Å². The van der Waals surface area contributed by atoms with E-state index in [1.165, 1.54) is 5.56 Å². The highest BCUT2D eigenvalue weighted by atomic mass is 16.2. The fourth-order valence-electron chi connectivity index (χ4n) is 3.30. The number of hydrogen-bond donors (Lipinski definition) is 1. The first-order chi connectivity index (χ1) is 11.7. The zero-order chi connectivity index (χ0) is 16.8. The van der Waals surface area contributed by atoms with Crippen LogP contribution in [0.5, 0.6) is 0 Å². The van der Waals surface area contributed by atoms with Crippen LogP contribution in [0.3, 0.4) is 0 Å². The lowest BCUT2D eigenvalue weighted by molar-refractivity contribution is 0.167. The fraction of sp³-hybridized carbons (Fsp3) is 0.400. The van der Waals surface area contributed by atoms with Gasteiger partial charge >= 0.3 is 6.03 Å². The number of carbonyl (C=O) groups excluding carboxylic acids is 1. The second-order valence-electron chi connectivity index (χ2n) is 6.57. The first-order valence-electron chi connectivity index (χ1n) is 8.71. The van der Waals surface area contributed by atoms with Crippen molar-refractivity contribution in [2.75, 3.05) is 13.1 Å². The Hall–Kier alpha value is -2.36. The molecule has 24 heavy (non-hydrogen) atoms. The maximum atomic E-state index is 12.4. The molecular weight excluding hydrogens is 298 g/mol. The molecule has 1 saturated heterocycles. The van der Waals surface area contributed by atoms with Crippen LogP contribution < -0.4 is 5.32 Å². The third kappa shape index (κ3) is 4.34. The average molecular weight is 323 g/mol. The van der Waals surface area contributed by atoms with Gasteiger partial charge in [-0.05, 0) is 55.4 Å². The zero-order valence-corrected chi connectivity index (χ0v) is 14.2. The number of benzene rings is 1. The maximum absolute atomic E-state index is 12.4. The summed E-state index contributed by atoms with van der Waals surface area (Å²) in [5, 5.41) is 3.09. The third-order valence-electron chi connectivity index (χ3n) is 4.82. The van der Waals surface area contributed by atoms with Crippen LogP contribution in [0, 0.1) is 5.92 Å². The molecule has 3 rings (SSSR count). The van der Waals surface area contributed by atoms with Crippen molar-refractivity contribution in [1.29, 1.82) is 0 Å². The van der Waals surface area contributed by atoms with Crippen molar-refractivity contribution in [3.63, 3.8) is 0 Å². The van der Waals surface area contributed by atoms with E-state index in [0.29, 0.717) is 5.92 Å². The molecule has 0 saturated carbocycles. The maximum Gasteiger partial charge on any atom is 0.317 e. The molecule has 0 bridgehead atoms. The van der Waals surface area contributed by atoms with Crippen molar-refractivity contribution in [2.45, 2.75) is 32.2 Å². The standard InChI is InChI=1S/C20H25N3O/c1-16(19-7-11-21-12-8-19)22-20(24)23-13-9-18(10-14-23)15-17-5-3-2-4-6-17/h2-8,11-12,16,18H,9-10,13-15H2,1H3,(H,22,24). The molecule has 1 fully saturated rings. The van der Waals surface area contributed by atoms with Crippen LogP contribution in [0.1, 0.15) is 36.9 Å². The molecule has 2 heterocycles. The predicted molar refractivity (Wildman–Crippen MR) is 95.6 cm³/mol. The highest BCUT2D eigenvalue weighted by Crippen LogP contribution is 2.22. The van der Waals surface area contributed by atoms with Gasteiger partial charge in [-0.1, -0.05) is 30.3 Å². The van der Waals surface area contributed by atoms with Crippen molar-refractivity contribution in [3.05, 3.63) is 66.0 Å². The van der Waals surface area contributed by atoms with Crippen molar-refractivity contribution >= 4 is 6.03 Å². The molecule has 1 unspecified atom stereocenters. The fourth-order valence-corrected chi connectivity index (χ4v) is 3.30. The van der Waals surface area contributed by atoms with Crippen LogP contribution in [-0.4, -0.2) is 29.0 Å². The summed E-state index contributed by atoms with van der Waals surface area (Å²) in [4.78, 5) is 18.4. The molecule has 0 aliphatic carbocycles. The number of nitrogens with zero attached hydrogens (tertiary/aromatic N) is 2. The minimum Gasteiger partial charge on any atom is -0.331 e. The number of pyridine rings is 1. The number of amides is 2. The van der Waals surface area contributed by atoms with Gasteiger partial charge in [0.1, 0.15) is 0 Å². The van der Waals surface area contributed by atoms with Crippen LogP contribution in [0.4, 0.5) is 4.79 Å². The van der Waals surface area contributed by atoms with E-state index in [2.05, 4.69) is 40.6 Å². The van der Waals surface area contributed by atoms with E-state index in [1.807, 2.05) is 24.0 Å². The van der Waals surface area contributed by atoms with E-state index in [1.54, 1.807) is 12.4 Å². The van der Waals surface area contributed by atoms with Gasteiger partial charge in [0.25, 0.3) is 0 Å². The molecular formula is C20H25N3O. The summed E-state index contributed by atoms with van der Waals surface area (Å²) in [5.74, 6) is 0.675. The Morgan fingerprint density at radius 1 is 1.17 bits per heavy atom. The topological polar surface area (TPSA) is 45.2 Å². The third-order valence-corrected chi connectivity index (χ3v) is 4.82. The number of carbonyl (C=O) groups is 1. The van der Waals surface area contributed by atoms with Gasteiger partial charge in [0.15, 0.2) is 0 Å². The van der Waals surface area contributed by atoms with Gasteiger partial charge in [-0.3, -0.25) is 4.98 Å². The molecule has 1 atom stereocenters. The van der Waals surface area contributed by atoms with Gasteiger partial charge in [-0.2, -0.15) is 0 Å². The molecule has 0 spiro atoms. The second-order valence-corrected chi connectivity index (χ2v) is 6.57. The molecule has 4 nitrogen and oxygen atoms in total. The van der Waals surface area contributed by atoms with E-state index in [9.17, 15) is 4.79 Å². The molecule has 2 amide bonds. The second kappa shape index (κ2) is 7.95. The summed E-state index contributed by atoms with van der Waals surface area (Å²) in [7, 11) is 0.